The number of alkyl halides is 3. The van der Waals surface area contributed by atoms with E-state index in [1.54, 1.807) is 6.08 Å². The van der Waals surface area contributed by atoms with Crippen molar-refractivity contribution in [2.24, 2.45) is 0 Å². The maximum absolute atomic E-state index is 13.6. The molecule has 3 aliphatic heterocycles. The summed E-state index contributed by atoms with van der Waals surface area (Å²) >= 11 is 0. The van der Waals surface area contributed by atoms with Gasteiger partial charge in [0.2, 0.25) is 18.1 Å². The van der Waals surface area contributed by atoms with Crippen LogP contribution in [0.4, 0.5) is 13.2 Å². The van der Waals surface area contributed by atoms with Gasteiger partial charge in [0.1, 0.15) is 18.1 Å². The van der Waals surface area contributed by atoms with Crippen LogP contribution in [0.5, 0.6) is 0 Å². The Morgan fingerprint density at radius 1 is 1.08 bits per heavy atom. The predicted molar refractivity (Wildman–Crippen MR) is 118 cm³/mol. The number of amides is 3. The van der Waals surface area contributed by atoms with Gasteiger partial charge in [-0.3, -0.25) is 19.2 Å². The lowest BCUT2D eigenvalue weighted by Crippen LogP contribution is -2.62. The second-order valence-electron chi connectivity index (χ2n) is 9.09. The summed E-state index contributed by atoms with van der Waals surface area (Å²) in [6, 6.07) is 0.648. The van der Waals surface area contributed by atoms with Crippen molar-refractivity contribution >= 4 is 23.7 Å². The number of ether oxygens (including phenoxy) is 1. The molecule has 1 aromatic carbocycles. The summed E-state index contributed by atoms with van der Waals surface area (Å²) in [7, 11) is 0. The molecule has 36 heavy (non-hydrogen) atoms. The number of aliphatic hydroxyl groups is 1. The number of piperidine rings is 1. The van der Waals surface area contributed by atoms with Crippen molar-refractivity contribution in [2.45, 2.75) is 75.2 Å². The highest BCUT2D eigenvalue weighted by Crippen LogP contribution is 2.31. The van der Waals surface area contributed by atoms with Crippen molar-refractivity contribution in [2.75, 3.05) is 0 Å². The monoisotopic (exact) mass is 509 g/mol. The normalized spacial score (nSPS) is 29.4. The lowest BCUT2D eigenvalue weighted by Gasteiger charge is -2.43. The number of halogens is 3. The first kappa shape index (κ1) is 25.7. The molecule has 3 heterocycles. The summed E-state index contributed by atoms with van der Waals surface area (Å²) in [5.74, 6) is -2.57. The zero-order valence-corrected chi connectivity index (χ0v) is 19.2. The van der Waals surface area contributed by atoms with Crippen molar-refractivity contribution in [1.29, 1.82) is 0 Å². The molecule has 5 atom stereocenters. The molecule has 0 aromatic heterocycles. The number of fused-ring (bicyclic) bond motifs is 1. The van der Waals surface area contributed by atoms with E-state index in [4.69, 9.17) is 0 Å². The predicted octanol–water partition coefficient (Wildman–Crippen LogP) is 1.65. The third kappa shape index (κ3) is 5.53. The number of cyclic esters (lactones) is 1. The Morgan fingerprint density at radius 2 is 1.83 bits per heavy atom. The van der Waals surface area contributed by atoms with Gasteiger partial charge in [0, 0.05) is 11.6 Å². The summed E-state index contributed by atoms with van der Waals surface area (Å²) in [5, 5.41) is 14.9. The van der Waals surface area contributed by atoms with E-state index >= 15 is 0 Å². The van der Waals surface area contributed by atoms with Gasteiger partial charge in [0.05, 0.1) is 12.0 Å². The fraction of sp³-hybridized carbons (Fsp3) is 0.500. The molecular weight excluding hydrogens is 483 g/mol. The summed E-state index contributed by atoms with van der Waals surface area (Å²) in [4.78, 5) is 52.3. The maximum atomic E-state index is 13.6. The molecule has 12 heteroatoms. The Kier molecular flexibility index (Phi) is 7.34. The lowest BCUT2D eigenvalue weighted by atomic mass is 9.90. The summed E-state index contributed by atoms with van der Waals surface area (Å²) < 4.78 is 43.8. The first-order chi connectivity index (χ1) is 17.0. The number of aliphatic hydroxyl groups excluding tert-OH is 1. The van der Waals surface area contributed by atoms with E-state index in [9.17, 15) is 37.5 Å². The molecule has 0 bridgehead atoms. The molecule has 0 saturated carbocycles. The highest BCUT2D eigenvalue weighted by molar-refractivity contribution is 5.99. The quantitative estimate of drug-likeness (QED) is 0.419. The van der Waals surface area contributed by atoms with Gasteiger partial charge in [0.25, 0.3) is 5.91 Å². The standard InChI is InChI=1S/C24H26F3N3O6/c25-24(26,27)14-6-3-5-13(11-14)20(32)28-16-9-2-1-7-15-8-4-10-18(30(15)22(16)34)21(33)29-17-12-19(31)36-23(17)35/h1-3,5-6,11,15-18,23,35H,4,7-10,12H2,(H,28,32)(H,29,33)/b2-1-/t15-,16-,17?,18-,23?/m0/s1. The van der Waals surface area contributed by atoms with Gasteiger partial charge in [-0.2, -0.15) is 13.2 Å². The number of carbonyl (C=O) groups excluding carboxylic acids is 4. The summed E-state index contributed by atoms with van der Waals surface area (Å²) in [6.07, 6.45) is -0.506. The van der Waals surface area contributed by atoms with Crippen LogP contribution in [-0.2, 0) is 25.3 Å². The minimum absolute atomic E-state index is 0.102. The van der Waals surface area contributed by atoms with Crippen molar-refractivity contribution in [3.8, 4) is 0 Å². The number of nitrogens with one attached hydrogen (secondary N) is 2. The minimum Gasteiger partial charge on any atom is -0.434 e. The number of hydrogen-bond acceptors (Lipinski definition) is 6. The van der Waals surface area contributed by atoms with E-state index < -0.39 is 59.8 Å². The number of hydrogen-bond donors (Lipinski definition) is 3. The topological polar surface area (TPSA) is 125 Å². The largest absolute Gasteiger partial charge is 0.434 e. The SMILES string of the molecule is O=C1CC(NC(=O)[C@@H]2CCC[C@@H]3C/C=C\C[C@H](NC(=O)c4cccc(C(F)(F)F)c4)C(=O)N32)C(O)O1. The molecule has 4 rings (SSSR count). The maximum Gasteiger partial charge on any atom is 0.416 e. The molecule has 3 aliphatic rings. The molecular formula is C24H26F3N3O6. The van der Waals surface area contributed by atoms with Crippen LogP contribution in [-0.4, -0.2) is 64.2 Å². The fourth-order valence-electron chi connectivity index (χ4n) is 4.81. The molecule has 3 amide bonds. The van der Waals surface area contributed by atoms with Gasteiger partial charge in [0.15, 0.2) is 0 Å². The van der Waals surface area contributed by atoms with E-state index in [1.165, 1.54) is 11.0 Å². The van der Waals surface area contributed by atoms with Crippen LogP contribution in [0.2, 0.25) is 0 Å². The first-order valence-electron chi connectivity index (χ1n) is 11.7. The highest BCUT2D eigenvalue weighted by Gasteiger charge is 2.43. The van der Waals surface area contributed by atoms with E-state index in [0.717, 1.165) is 18.2 Å². The van der Waals surface area contributed by atoms with Crippen molar-refractivity contribution in [1.82, 2.24) is 15.5 Å². The third-order valence-electron chi connectivity index (χ3n) is 6.61. The average molecular weight is 509 g/mol. The number of rotatable bonds is 4. The Bertz CT molecular complexity index is 1080. The molecule has 0 radical (unpaired) electrons. The first-order valence-corrected chi connectivity index (χ1v) is 11.7. The molecule has 2 saturated heterocycles. The number of esters is 1. The van der Waals surface area contributed by atoms with Gasteiger partial charge in [-0.1, -0.05) is 18.2 Å². The van der Waals surface area contributed by atoms with E-state index in [-0.39, 0.29) is 24.4 Å². The molecule has 3 N–H and O–H groups in total. The highest BCUT2D eigenvalue weighted by atomic mass is 19.4. The fourth-order valence-corrected chi connectivity index (χ4v) is 4.81. The van der Waals surface area contributed by atoms with Crippen LogP contribution in [0.25, 0.3) is 0 Å². The van der Waals surface area contributed by atoms with Crippen LogP contribution >= 0.6 is 0 Å². The number of carbonyl (C=O) groups is 4. The van der Waals surface area contributed by atoms with Crippen LogP contribution < -0.4 is 10.6 Å². The van der Waals surface area contributed by atoms with Crippen molar-refractivity contribution < 1.29 is 42.2 Å². The summed E-state index contributed by atoms with van der Waals surface area (Å²) in [5.41, 5.74) is -1.23. The zero-order chi connectivity index (χ0) is 26.0. The van der Waals surface area contributed by atoms with Crippen LogP contribution in [0, 0.1) is 0 Å². The molecule has 2 fully saturated rings. The lowest BCUT2D eigenvalue weighted by molar-refractivity contribution is -0.156. The molecule has 194 valence electrons. The molecule has 2 unspecified atom stereocenters. The second kappa shape index (κ2) is 10.3. The molecule has 9 nitrogen and oxygen atoms in total. The van der Waals surface area contributed by atoms with Crippen LogP contribution in [0.3, 0.4) is 0 Å². The van der Waals surface area contributed by atoms with Gasteiger partial charge in [-0.05, 0) is 50.3 Å². The van der Waals surface area contributed by atoms with Gasteiger partial charge >= 0.3 is 12.1 Å². The smallest absolute Gasteiger partial charge is 0.416 e. The Labute approximate surface area is 204 Å². The van der Waals surface area contributed by atoms with E-state index in [2.05, 4.69) is 15.4 Å². The number of benzene rings is 1. The zero-order valence-electron chi connectivity index (χ0n) is 19.2. The van der Waals surface area contributed by atoms with Gasteiger partial charge in [-0.15, -0.1) is 0 Å². The molecule has 1 aromatic rings. The minimum atomic E-state index is -4.63. The molecule has 0 spiro atoms. The Hall–Kier alpha value is -3.41. The Balaban J connectivity index is 1.52. The van der Waals surface area contributed by atoms with Crippen LogP contribution in [0.15, 0.2) is 36.4 Å². The Morgan fingerprint density at radius 3 is 2.53 bits per heavy atom. The molecule has 0 aliphatic carbocycles. The van der Waals surface area contributed by atoms with Crippen LogP contribution in [0.1, 0.15) is 54.4 Å². The number of nitrogens with zero attached hydrogens (tertiary/aromatic N) is 1. The van der Waals surface area contributed by atoms with E-state index in [0.29, 0.717) is 25.7 Å². The average Bonchev–Trinajstić information content (AvgIpc) is 3.14. The van der Waals surface area contributed by atoms with E-state index in [1.807, 2.05) is 6.08 Å². The van der Waals surface area contributed by atoms with Gasteiger partial charge < -0.3 is 25.4 Å². The van der Waals surface area contributed by atoms with Gasteiger partial charge in [-0.25, -0.2) is 0 Å². The summed E-state index contributed by atoms with van der Waals surface area (Å²) in [6.45, 7) is 0. The third-order valence-corrected chi connectivity index (χ3v) is 6.61. The second-order valence-corrected chi connectivity index (χ2v) is 9.09. The van der Waals surface area contributed by atoms with Crippen molar-refractivity contribution in [3.63, 3.8) is 0 Å². The van der Waals surface area contributed by atoms with Crippen molar-refractivity contribution in [3.05, 3.63) is 47.5 Å².